The number of carbonyl (C=O) groups is 4. The van der Waals surface area contributed by atoms with Gasteiger partial charge in [0.1, 0.15) is 6.04 Å². The fraction of sp³-hybridized carbons (Fsp3) is 0.629. The summed E-state index contributed by atoms with van der Waals surface area (Å²) < 4.78 is 6.23. The zero-order valence-corrected chi connectivity index (χ0v) is 27.7. The van der Waals surface area contributed by atoms with E-state index in [1.54, 1.807) is 11.1 Å². The summed E-state index contributed by atoms with van der Waals surface area (Å²) in [5.41, 5.74) is 0.817. The average molecular weight is 633 g/mol. The largest absolute Gasteiger partial charge is 0.371 e. The molecular weight excluding hydrogens is 584 g/mol. The van der Waals surface area contributed by atoms with Gasteiger partial charge in [0.05, 0.1) is 30.4 Å². The van der Waals surface area contributed by atoms with Crippen LogP contribution in [0.3, 0.4) is 0 Å². The van der Waals surface area contributed by atoms with Crippen molar-refractivity contribution in [3.63, 3.8) is 0 Å². The van der Waals surface area contributed by atoms with E-state index in [-0.39, 0.29) is 41.5 Å². The van der Waals surface area contributed by atoms with E-state index < -0.39 is 23.5 Å². The molecule has 2 aromatic rings. The first-order valence-corrected chi connectivity index (χ1v) is 16.7. The van der Waals surface area contributed by atoms with E-state index in [1.807, 2.05) is 47.1 Å². The minimum atomic E-state index is -0.894. The Balaban J connectivity index is 1.22. The van der Waals surface area contributed by atoms with Crippen LogP contribution in [0, 0.1) is 34.5 Å². The summed E-state index contributed by atoms with van der Waals surface area (Å²) in [5.74, 6) is -0.379. The SMILES string of the molecule is C[C@@H]1C[C@H](C)CN(C(=O)[C@@H](NC(=O)C2CN(C(=O)c3cn[nH]c3)CC23CN(C(=O)[C@H]2CC2(C)C)C3)[C@@H](C)OCc2ccccc2)C1. The number of piperidine rings is 1. The Morgan fingerprint density at radius 3 is 2.24 bits per heavy atom. The second-order valence-corrected chi connectivity index (χ2v) is 15.2. The van der Waals surface area contributed by atoms with E-state index in [0.717, 1.165) is 18.4 Å². The fourth-order valence-electron chi connectivity index (χ4n) is 7.91. The molecule has 11 nitrogen and oxygen atoms in total. The highest BCUT2D eigenvalue weighted by atomic mass is 16.5. The number of likely N-dealkylation sites (tertiary alicyclic amines) is 3. The zero-order valence-electron chi connectivity index (χ0n) is 27.7. The molecule has 0 radical (unpaired) electrons. The van der Waals surface area contributed by atoms with Crippen LogP contribution in [0.4, 0.5) is 0 Å². The molecule has 46 heavy (non-hydrogen) atoms. The summed E-state index contributed by atoms with van der Waals surface area (Å²) in [7, 11) is 0. The molecule has 4 fully saturated rings. The lowest BCUT2D eigenvalue weighted by Gasteiger charge is -2.50. The Kier molecular flexibility index (Phi) is 8.73. The third-order valence-corrected chi connectivity index (χ3v) is 10.7. The van der Waals surface area contributed by atoms with Gasteiger partial charge >= 0.3 is 0 Å². The molecule has 1 saturated carbocycles. The molecule has 0 bridgehead atoms. The number of aromatic nitrogens is 2. The quantitative estimate of drug-likeness (QED) is 0.438. The molecule has 1 aromatic heterocycles. The van der Waals surface area contributed by atoms with Gasteiger partial charge in [-0.25, -0.2) is 0 Å². The average Bonchev–Trinajstić information content (AvgIpc) is 3.38. The standard InChI is InChI=1S/C35H48N6O5/c1-22-11-23(2)16-39(15-22)33(45)29(24(3)46-18-25-9-7-6-8-10-25)38-30(42)28-17-40(31(43)26-13-36-37-14-26)19-35(28)20-41(21-35)32(44)27-12-34(27,4)5/h6-10,13-14,22-24,27-29H,11-12,15-21H2,1-5H3,(H,36,37)(H,38,42)/t22-,23+,24-,27-,28?,29+/m1/s1. The number of ether oxygens (including phenoxy) is 1. The van der Waals surface area contributed by atoms with Crippen LogP contribution in [0.1, 0.15) is 63.4 Å². The number of aromatic amines is 1. The van der Waals surface area contributed by atoms with Crippen LogP contribution in [0.25, 0.3) is 0 Å². The van der Waals surface area contributed by atoms with Crippen LogP contribution in [0.15, 0.2) is 42.7 Å². The molecule has 11 heteroatoms. The number of amides is 4. The monoisotopic (exact) mass is 632 g/mol. The smallest absolute Gasteiger partial charge is 0.257 e. The molecule has 6 rings (SSSR count). The molecule has 1 aliphatic carbocycles. The molecule has 1 spiro atoms. The summed E-state index contributed by atoms with van der Waals surface area (Å²) in [4.78, 5) is 60.6. The first-order valence-electron chi connectivity index (χ1n) is 16.7. The van der Waals surface area contributed by atoms with Crippen LogP contribution in [0.2, 0.25) is 0 Å². The van der Waals surface area contributed by atoms with E-state index in [0.29, 0.717) is 56.7 Å². The van der Waals surface area contributed by atoms with Gasteiger partial charge in [0, 0.05) is 56.8 Å². The third-order valence-electron chi connectivity index (χ3n) is 10.7. The van der Waals surface area contributed by atoms with E-state index in [2.05, 4.69) is 43.2 Å². The summed E-state index contributed by atoms with van der Waals surface area (Å²) in [6, 6.07) is 8.87. The number of rotatable bonds is 9. The Morgan fingerprint density at radius 2 is 1.63 bits per heavy atom. The highest BCUT2D eigenvalue weighted by Gasteiger charge is 2.62. The lowest BCUT2D eigenvalue weighted by atomic mass is 9.70. The van der Waals surface area contributed by atoms with Gasteiger partial charge in [0.25, 0.3) is 5.91 Å². The number of hydrogen-bond acceptors (Lipinski definition) is 6. The minimum absolute atomic E-state index is 0.00105. The van der Waals surface area contributed by atoms with Crippen molar-refractivity contribution in [3.8, 4) is 0 Å². The lowest BCUT2D eigenvalue weighted by Crippen LogP contribution is -2.65. The van der Waals surface area contributed by atoms with Crippen molar-refractivity contribution in [1.29, 1.82) is 0 Å². The molecule has 1 aromatic carbocycles. The van der Waals surface area contributed by atoms with Crippen LogP contribution >= 0.6 is 0 Å². The fourth-order valence-corrected chi connectivity index (χ4v) is 7.91. The number of nitrogens with one attached hydrogen (secondary N) is 2. The van der Waals surface area contributed by atoms with E-state index in [9.17, 15) is 19.2 Å². The Labute approximate surface area is 271 Å². The van der Waals surface area contributed by atoms with Gasteiger partial charge in [0.15, 0.2) is 0 Å². The molecule has 3 saturated heterocycles. The van der Waals surface area contributed by atoms with Gasteiger partial charge in [0.2, 0.25) is 17.7 Å². The highest BCUT2D eigenvalue weighted by molar-refractivity contribution is 5.95. The molecular formula is C35H48N6O5. The molecule has 4 amide bonds. The maximum Gasteiger partial charge on any atom is 0.257 e. The second kappa shape index (κ2) is 12.5. The van der Waals surface area contributed by atoms with Gasteiger partial charge in [-0.3, -0.25) is 24.3 Å². The van der Waals surface area contributed by atoms with E-state index in [1.165, 1.54) is 6.20 Å². The molecule has 4 heterocycles. The maximum atomic E-state index is 14.3. The Hall–Kier alpha value is -3.73. The van der Waals surface area contributed by atoms with Gasteiger partial charge < -0.3 is 24.8 Å². The number of H-pyrrole nitrogens is 1. The summed E-state index contributed by atoms with van der Waals surface area (Å²) >= 11 is 0. The predicted octanol–water partition coefficient (Wildman–Crippen LogP) is 2.95. The first-order chi connectivity index (χ1) is 21.9. The number of nitrogens with zero attached hydrogens (tertiary/aromatic N) is 4. The maximum absolute atomic E-state index is 14.3. The van der Waals surface area contributed by atoms with Crippen molar-refractivity contribution in [2.24, 2.45) is 34.5 Å². The molecule has 6 atom stereocenters. The van der Waals surface area contributed by atoms with Gasteiger partial charge in [-0.05, 0) is 42.6 Å². The second-order valence-electron chi connectivity index (χ2n) is 15.2. The zero-order chi connectivity index (χ0) is 32.8. The normalized spacial score (nSPS) is 27.5. The topological polar surface area (TPSA) is 128 Å². The van der Waals surface area contributed by atoms with Crippen LogP contribution < -0.4 is 5.32 Å². The predicted molar refractivity (Wildman–Crippen MR) is 171 cm³/mol. The lowest BCUT2D eigenvalue weighted by molar-refractivity contribution is -0.153. The highest BCUT2D eigenvalue weighted by Crippen LogP contribution is 2.54. The number of hydrogen-bond donors (Lipinski definition) is 2. The van der Waals surface area contributed by atoms with Gasteiger partial charge in [-0.1, -0.05) is 58.0 Å². The number of benzene rings is 1. The van der Waals surface area contributed by atoms with Crippen molar-refractivity contribution < 1.29 is 23.9 Å². The molecule has 1 unspecified atom stereocenters. The molecule has 4 aliphatic rings. The summed E-state index contributed by atoms with van der Waals surface area (Å²) in [5, 5.41) is 9.73. The van der Waals surface area contributed by atoms with Gasteiger partial charge in [-0.2, -0.15) is 5.10 Å². The third kappa shape index (κ3) is 6.43. The van der Waals surface area contributed by atoms with Gasteiger partial charge in [-0.15, -0.1) is 0 Å². The molecule has 248 valence electrons. The summed E-state index contributed by atoms with van der Waals surface area (Å²) in [6.07, 6.45) is 4.36. The Morgan fingerprint density at radius 1 is 0.978 bits per heavy atom. The van der Waals surface area contributed by atoms with Crippen molar-refractivity contribution >= 4 is 23.6 Å². The number of carbonyl (C=O) groups excluding carboxylic acids is 4. The molecule has 2 N–H and O–H groups in total. The van der Waals surface area contributed by atoms with E-state index in [4.69, 9.17) is 4.74 Å². The van der Waals surface area contributed by atoms with Crippen molar-refractivity contribution in [2.75, 3.05) is 39.3 Å². The summed E-state index contributed by atoms with van der Waals surface area (Å²) in [6.45, 7) is 13.3. The first kappa shape index (κ1) is 32.2. The van der Waals surface area contributed by atoms with Crippen LogP contribution in [-0.2, 0) is 25.7 Å². The Bertz CT molecular complexity index is 1430. The minimum Gasteiger partial charge on any atom is -0.371 e. The van der Waals surface area contributed by atoms with Crippen LogP contribution in [0.5, 0.6) is 0 Å². The van der Waals surface area contributed by atoms with E-state index >= 15 is 0 Å². The van der Waals surface area contributed by atoms with Crippen molar-refractivity contribution in [1.82, 2.24) is 30.2 Å². The molecule has 3 aliphatic heterocycles. The van der Waals surface area contributed by atoms with Crippen molar-refractivity contribution in [2.45, 2.75) is 66.2 Å². The van der Waals surface area contributed by atoms with Crippen LogP contribution in [-0.4, -0.2) is 99.9 Å². The van der Waals surface area contributed by atoms with Crippen molar-refractivity contribution in [3.05, 3.63) is 53.9 Å².